The Hall–Kier alpha value is -2.28. The molecule has 170 valence electrons. The van der Waals surface area contributed by atoms with Crippen LogP contribution in [0.2, 0.25) is 0 Å². The van der Waals surface area contributed by atoms with Crippen LogP contribution in [-0.4, -0.2) is 59.6 Å². The first-order valence-electron chi connectivity index (χ1n) is 11.7. The summed E-state index contributed by atoms with van der Waals surface area (Å²) in [6.45, 7) is 9.62. The molecule has 1 aromatic carbocycles. The van der Waals surface area contributed by atoms with Gasteiger partial charge in [0.25, 0.3) is 0 Å². The molecule has 31 heavy (non-hydrogen) atoms. The van der Waals surface area contributed by atoms with Crippen LogP contribution in [0.15, 0.2) is 18.2 Å². The molecule has 1 atom stereocenters. The molecule has 7 nitrogen and oxygen atoms in total. The van der Waals surface area contributed by atoms with Crippen molar-refractivity contribution in [3.63, 3.8) is 0 Å². The largest absolute Gasteiger partial charge is 0.454 e. The zero-order chi connectivity index (χ0) is 22.0. The number of fused-ring (bicyclic) bond motifs is 1. The molecular formula is C24H35N3O4. The SMILES string of the molecule is CCCCN1C(=O)C(CC(C)C)NC(=O)C12CCN(Cc1ccc3c(c1)OCO3)CC2. The molecule has 1 spiro atoms. The second-order valence-corrected chi connectivity index (χ2v) is 9.49. The molecule has 0 aromatic heterocycles. The topological polar surface area (TPSA) is 71.1 Å². The van der Waals surface area contributed by atoms with E-state index in [9.17, 15) is 9.59 Å². The Morgan fingerprint density at radius 2 is 1.90 bits per heavy atom. The highest BCUT2D eigenvalue weighted by atomic mass is 16.7. The highest BCUT2D eigenvalue weighted by Gasteiger charge is 2.53. The maximum Gasteiger partial charge on any atom is 0.246 e. The smallest absolute Gasteiger partial charge is 0.246 e. The molecule has 3 aliphatic heterocycles. The zero-order valence-corrected chi connectivity index (χ0v) is 19.0. The second-order valence-electron chi connectivity index (χ2n) is 9.49. The summed E-state index contributed by atoms with van der Waals surface area (Å²) in [7, 11) is 0. The molecule has 2 fully saturated rings. The number of nitrogens with one attached hydrogen (secondary N) is 1. The van der Waals surface area contributed by atoms with E-state index in [1.165, 1.54) is 5.56 Å². The lowest BCUT2D eigenvalue weighted by molar-refractivity contribution is -0.161. The number of piperidine rings is 1. The number of rotatable bonds is 7. The summed E-state index contributed by atoms with van der Waals surface area (Å²) in [4.78, 5) is 31.0. The van der Waals surface area contributed by atoms with E-state index in [4.69, 9.17) is 9.47 Å². The van der Waals surface area contributed by atoms with Crippen LogP contribution in [0, 0.1) is 5.92 Å². The number of carbonyl (C=O) groups excluding carboxylic acids is 2. The Kier molecular flexibility index (Phi) is 6.42. The van der Waals surface area contributed by atoms with Crippen molar-refractivity contribution in [1.82, 2.24) is 15.1 Å². The molecule has 1 N–H and O–H groups in total. The summed E-state index contributed by atoms with van der Waals surface area (Å²) in [5.41, 5.74) is 0.467. The number of likely N-dealkylation sites (tertiary alicyclic amines) is 1. The summed E-state index contributed by atoms with van der Waals surface area (Å²) in [5.74, 6) is 2.09. The maximum atomic E-state index is 13.3. The predicted octanol–water partition coefficient (Wildman–Crippen LogP) is 2.92. The van der Waals surface area contributed by atoms with Gasteiger partial charge < -0.3 is 19.7 Å². The Balaban J connectivity index is 1.45. The van der Waals surface area contributed by atoms with Crippen LogP contribution in [-0.2, 0) is 16.1 Å². The first-order chi connectivity index (χ1) is 14.9. The van der Waals surface area contributed by atoms with Crippen LogP contribution < -0.4 is 14.8 Å². The lowest BCUT2D eigenvalue weighted by Crippen LogP contribution is -2.73. The van der Waals surface area contributed by atoms with Crippen LogP contribution in [0.1, 0.15) is 58.4 Å². The van der Waals surface area contributed by atoms with Crippen molar-refractivity contribution in [2.45, 2.75) is 71.0 Å². The summed E-state index contributed by atoms with van der Waals surface area (Å²) in [5, 5.41) is 3.08. The van der Waals surface area contributed by atoms with Gasteiger partial charge in [-0.1, -0.05) is 33.3 Å². The lowest BCUT2D eigenvalue weighted by Gasteiger charge is -2.52. The van der Waals surface area contributed by atoms with Crippen molar-refractivity contribution < 1.29 is 19.1 Å². The quantitative estimate of drug-likeness (QED) is 0.722. The fraction of sp³-hybridized carbons (Fsp3) is 0.667. The van der Waals surface area contributed by atoms with E-state index in [0.717, 1.165) is 44.0 Å². The van der Waals surface area contributed by atoms with Gasteiger partial charge in [-0.05, 0) is 49.3 Å². The summed E-state index contributed by atoms with van der Waals surface area (Å²) >= 11 is 0. The third-order valence-electron chi connectivity index (χ3n) is 6.78. The van der Waals surface area contributed by atoms with E-state index in [2.05, 4.69) is 37.1 Å². The highest BCUT2D eigenvalue weighted by Crippen LogP contribution is 2.36. The zero-order valence-electron chi connectivity index (χ0n) is 19.0. The van der Waals surface area contributed by atoms with E-state index in [1.807, 2.05) is 17.0 Å². The second kappa shape index (κ2) is 9.07. The lowest BCUT2D eigenvalue weighted by atomic mass is 9.80. The number of benzene rings is 1. The number of hydrogen-bond donors (Lipinski definition) is 1. The molecule has 0 radical (unpaired) electrons. The van der Waals surface area contributed by atoms with Crippen LogP contribution in [0.5, 0.6) is 11.5 Å². The first-order valence-corrected chi connectivity index (χ1v) is 11.7. The third kappa shape index (κ3) is 4.38. The van der Waals surface area contributed by atoms with Gasteiger partial charge in [-0.3, -0.25) is 14.5 Å². The average molecular weight is 430 g/mol. The van der Waals surface area contributed by atoms with Gasteiger partial charge in [0.15, 0.2) is 11.5 Å². The number of ether oxygens (including phenoxy) is 2. The molecule has 0 bridgehead atoms. The van der Waals surface area contributed by atoms with Crippen LogP contribution in [0.4, 0.5) is 0 Å². The van der Waals surface area contributed by atoms with E-state index < -0.39 is 5.54 Å². The molecule has 0 aliphatic carbocycles. The molecule has 3 heterocycles. The fourth-order valence-electron chi connectivity index (χ4n) is 5.02. The minimum atomic E-state index is -0.703. The standard InChI is InChI=1S/C24H35N3O4/c1-4-5-10-27-22(28)19(13-17(2)3)25-23(29)24(27)8-11-26(12-9-24)15-18-6-7-20-21(14-18)31-16-30-20/h6-7,14,17,19H,4-5,8-13,15-16H2,1-3H3,(H,25,29). The van der Waals surface area contributed by atoms with Gasteiger partial charge in [-0.2, -0.15) is 0 Å². The van der Waals surface area contributed by atoms with E-state index >= 15 is 0 Å². The van der Waals surface area contributed by atoms with Gasteiger partial charge in [0.2, 0.25) is 18.6 Å². The Labute approximate surface area is 185 Å². The van der Waals surface area contributed by atoms with Crippen LogP contribution in [0.3, 0.4) is 0 Å². The molecule has 2 amide bonds. The van der Waals surface area contributed by atoms with Crippen LogP contribution in [0.25, 0.3) is 0 Å². The fourth-order valence-corrected chi connectivity index (χ4v) is 5.02. The van der Waals surface area contributed by atoms with Gasteiger partial charge in [0, 0.05) is 26.2 Å². The van der Waals surface area contributed by atoms with E-state index in [0.29, 0.717) is 31.7 Å². The van der Waals surface area contributed by atoms with Crippen molar-refractivity contribution >= 4 is 11.8 Å². The van der Waals surface area contributed by atoms with Crippen molar-refractivity contribution in [3.8, 4) is 11.5 Å². The molecule has 4 rings (SSSR count). The monoisotopic (exact) mass is 429 g/mol. The van der Waals surface area contributed by atoms with Crippen LogP contribution >= 0.6 is 0 Å². The number of amides is 2. The molecule has 1 unspecified atom stereocenters. The van der Waals surface area contributed by atoms with Crippen molar-refractivity contribution in [1.29, 1.82) is 0 Å². The van der Waals surface area contributed by atoms with Gasteiger partial charge >= 0.3 is 0 Å². The van der Waals surface area contributed by atoms with E-state index in [-0.39, 0.29) is 24.6 Å². The summed E-state index contributed by atoms with van der Waals surface area (Å²) in [6, 6.07) is 5.67. The first kappa shape index (κ1) is 21.9. The average Bonchev–Trinajstić information content (AvgIpc) is 3.21. The molecule has 0 saturated carbocycles. The van der Waals surface area contributed by atoms with Crippen molar-refractivity contribution in [2.75, 3.05) is 26.4 Å². The molecular weight excluding hydrogens is 394 g/mol. The number of hydrogen-bond acceptors (Lipinski definition) is 5. The number of carbonyl (C=O) groups is 2. The minimum absolute atomic E-state index is 0.0385. The minimum Gasteiger partial charge on any atom is -0.454 e. The van der Waals surface area contributed by atoms with Crippen molar-refractivity contribution in [3.05, 3.63) is 23.8 Å². The van der Waals surface area contributed by atoms with Gasteiger partial charge in [-0.25, -0.2) is 0 Å². The maximum absolute atomic E-state index is 13.3. The molecule has 1 aromatic rings. The number of nitrogens with zero attached hydrogens (tertiary/aromatic N) is 2. The van der Waals surface area contributed by atoms with Crippen molar-refractivity contribution in [2.24, 2.45) is 5.92 Å². The number of piperazine rings is 1. The summed E-state index contributed by atoms with van der Waals surface area (Å²) < 4.78 is 10.9. The number of unbranched alkanes of at least 4 members (excludes halogenated alkanes) is 1. The predicted molar refractivity (Wildman–Crippen MR) is 118 cm³/mol. The van der Waals surface area contributed by atoms with Gasteiger partial charge in [0.1, 0.15) is 11.6 Å². The normalized spacial score (nSPS) is 23.0. The highest BCUT2D eigenvalue weighted by molar-refractivity contribution is 6.00. The Morgan fingerprint density at radius 1 is 1.16 bits per heavy atom. The Morgan fingerprint density at radius 3 is 2.61 bits per heavy atom. The molecule has 7 heteroatoms. The molecule has 2 saturated heterocycles. The Bertz CT molecular complexity index is 817. The van der Waals surface area contributed by atoms with Gasteiger partial charge in [0.05, 0.1) is 0 Å². The van der Waals surface area contributed by atoms with Gasteiger partial charge in [-0.15, -0.1) is 0 Å². The summed E-state index contributed by atoms with van der Waals surface area (Å²) in [6.07, 6.45) is 3.97. The third-order valence-corrected chi connectivity index (χ3v) is 6.78. The van der Waals surface area contributed by atoms with E-state index in [1.54, 1.807) is 0 Å². The molecule has 3 aliphatic rings.